The number of carbonyl (C=O) groups excluding carboxylic acids is 1. The molecule has 1 N–H and O–H groups in total. The van der Waals surface area contributed by atoms with Gasteiger partial charge >= 0.3 is 6.18 Å². The molecule has 0 saturated carbocycles. The van der Waals surface area contributed by atoms with Crippen molar-refractivity contribution in [1.29, 1.82) is 0 Å². The quantitative estimate of drug-likeness (QED) is 0.549. The van der Waals surface area contributed by atoms with E-state index in [1.54, 1.807) is 0 Å². The third-order valence-electron chi connectivity index (χ3n) is 7.47. The fourth-order valence-corrected chi connectivity index (χ4v) is 7.20. The molecular weight excluding hydrogens is 535 g/mol. The van der Waals surface area contributed by atoms with Gasteiger partial charge in [-0.1, -0.05) is 18.2 Å². The topological polar surface area (TPSA) is 88.2 Å². The zero-order valence-corrected chi connectivity index (χ0v) is 22.3. The van der Waals surface area contributed by atoms with E-state index in [1.165, 1.54) is 0 Å². The number of carbonyl (C=O) groups is 1. The van der Waals surface area contributed by atoms with Crippen molar-refractivity contribution in [2.24, 2.45) is 0 Å². The number of amides is 1. The molecule has 2 saturated heterocycles. The second-order valence-electron chi connectivity index (χ2n) is 10.2. The predicted molar refractivity (Wildman–Crippen MR) is 137 cm³/mol. The highest BCUT2D eigenvalue weighted by molar-refractivity contribution is 7.89. The monoisotopic (exact) mass is 567 g/mol. The van der Waals surface area contributed by atoms with Crippen molar-refractivity contribution in [2.75, 3.05) is 39.5 Å². The van der Waals surface area contributed by atoms with Crippen molar-refractivity contribution in [3.8, 4) is 5.75 Å². The molecule has 2 aromatic carbocycles. The summed E-state index contributed by atoms with van der Waals surface area (Å²) in [7, 11) is -4.19. The number of fused-ring (bicyclic) bond motifs is 1. The zero-order valence-electron chi connectivity index (χ0n) is 21.5. The minimum absolute atomic E-state index is 0.0694. The van der Waals surface area contributed by atoms with Gasteiger partial charge in [-0.2, -0.15) is 17.5 Å². The first kappa shape index (κ1) is 27.9. The summed E-state index contributed by atoms with van der Waals surface area (Å²) in [6.45, 7) is 4.57. The molecule has 8 nitrogen and oxygen atoms in total. The number of morpholine rings is 1. The Morgan fingerprint density at radius 1 is 1.03 bits per heavy atom. The highest BCUT2D eigenvalue weighted by atomic mass is 32.2. The maximum absolute atomic E-state index is 13.2. The molecule has 0 spiro atoms. The predicted octanol–water partition coefficient (Wildman–Crippen LogP) is 3.72. The Bertz CT molecular complexity index is 1300. The van der Waals surface area contributed by atoms with Crippen LogP contribution in [0.4, 0.5) is 13.2 Å². The highest BCUT2D eigenvalue weighted by Gasteiger charge is 2.38. The minimum atomic E-state index is -4.65. The SMILES string of the molecule is O=C(C[C@@H]1CCCN1S(=O)(=O)c1cccc(C(F)(F)F)c1)N[C@@H]1CCOc2cc(CN3CCOCC3)ccc21. The number of nitrogens with zero attached hydrogens (tertiary/aromatic N) is 2. The van der Waals surface area contributed by atoms with Gasteiger partial charge in [-0.3, -0.25) is 9.69 Å². The summed E-state index contributed by atoms with van der Waals surface area (Å²) in [6, 6.07) is 8.84. The van der Waals surface area contributed by atoms with Gasteiger partial charge in [0.25, 0.3) is 0 Å². The number of nitrogens with one attached hydrogen (secondary N) is 1. The van der Waals surface area contributed by atoms with Crippen molar-refractivity contribution < 1.29 is 35.9 Å². The molecule has 0 aromatic heterocycles. The Kier molecular flexibility index (Phi) is 8.18. The maximum Gasteiger partial charge on any atom is 0.416 e. The van der Waals surface area contributed by atoms with Crippen LogP contribution in [0.3, 0.4) is 0 Å². The van der Waals surface area contributed by atoms with E-state index in [4.69, 9.17) is 9.47 Å². The number of halogens is 3. The van der Waals surface area contributed by atoms with E-state index in [0.717, 1.165) is 72.2 Å². The summed E-state index contributed by atoms with van der Waals surface area (Å²) in [6.07, 6.45) is -3.15. The summed E-state index contributed by atoms with van der Waals surface area (Å²) in [5.74, 6) is 0.424. The van der Waals surface area contributed by atoms with Crippen LogP contribution in [0.5, 0.6) is 5.75 Å². The number of sulfonamides is 1. The van der Waals surface area contributed by atoms with Gasteiger partial charge in [0.15, 0.2) is 0 Å². The third kappa shape index (κ3) is 6.40. The lowest BCUT2D eigenvalue weighted by Gasteiger charge is -2.30. The van der Waals surface area contributed by atoms with Gasteiger partial charge in [0.2, 0.25) is 15.9 Å². The fraction of sp³-hybridized carbons (Fsp3) is 0.519. The molecule has 0 unspecified atom stereocenters. The molecule has 0 bridgehead atoms. The average Bonchev–Trinajstić information content (AvgIpc) is 3.38. The molecule has 3 heterocycles. The lowest BCUT2D eigenvalue weighted by molar-refractivity contribution is -0.137. The zero-order chi connectivity index (χ0) is 27.6. The Morgan fingerprint density at radius 2 is 1.82 bits per heavy atom. The smallest absolute Gasteiger partial charge is 0.416 e. The number of alkyl halides is 3. The summed E-state index contributed by atoms with van der Waals surface area (Å²) >= 11 is 0. The molecule has 12 heteroatoms. The van der Waals surface area contributed by atoms with E-state index in [1.807, 2.05) is 18.2 Å². The van der Waals surface area contributed by atoms with Gasteiger partial charge in [0.05, 0.1) is 36.3 Å². The van der Waals surface area contributed by atoms with Gasteiger partial charge in [-0.25, -0.2) is 8.42 Å². The summed E-state index contributed by atoms with van der Waals surface area (Å²) in [5, 5.41) is 3.03. The standard InChI is InChI=1S/C27H32F3N3O5S/c28-27(29,30)20-3-1-5-22(16-20)39(35,36)33-9-2-4-21(33)17-26(34)31-24-8-12-38-25-15-19(6-7-23(24)25)18-32-10-13-37-14-11-32/h1,3,5-7,15-16,21,24H,2,4,8-14,17-18H2,(H,31,34)/t21-,24+/m0/s1. The third-order valence-corrected chi connectivity index (χ3v) is 9.42. The van der Waals surface area contributed by atoms with E-state index in [-0.39, 0.29) is 24.9 Å². The van der Waals surface area contributed by atoms with Gasteiger partial charge in [-0.05, 0) is 42.7 Å². The highest BCUT2D eigenvalue weighted by Crippen LogP contribution is 2.35. The first-order chi connectivity index (χ1) is 18.6. The average molecular weight is 568 g/mol. The normalized spacial score (nSPS) is 22.7. The molecule has 0 aliphatic carbocycles. The van der Waals surface area contributed by atoms with Crippen LogP contribution in [0, 0.1) is 0 Å². The van der Waals surface area contributed by atoms with E-state index in [9.17, 15) is 26.4 Å². The second-order valence-corrected chi connectivity index (χ2v) is 12.1. The van der Waals surface area contributed by atoms with Crippen molar-refractivity contribution in [3.63, 3.8) is 0 Å². The number of ether oxygens (including phenoxy) is 2. The molecule has 2 atom stereocenters. The van der Waals surface area contributed by atoms with Crippen molar-refractivity contribution in [2.45, 2.75) is 55.4 Å². The van der Waals surface area contributed by atoms with Crippen molar-refractivity contribution >= 4 is 15.9 Å². The van der Waals surface area contributed by atoms with E-state index in [2.05, 4.69) is 10.2 Å². The first-order valence-corrected chi connectivity index (χ1v) is 14.6. The van der Waals surface area contributed by atoms with Gasteiger partial charge in [0.1, 0.15) is 5.75 Å². The molecule has 2 aromatic rings. The maximum atomic E-state index is 13.2. The van der Waals surface area contributed by atoms with Gasteiger partial charge in [-0.15, -0.1) is 0 Å². The molecule has 0 radical (unpaired) electrons. The molecule has 39 heavy (non-hydrogen) atoms. The first-order valence-electron chi connectivity index (χ1n) is 13.2. The van der Waals surface area contributed by atoms with Crippen molar-refractivity contribution in [1.82, 2.24) is 14.5 Å². The fourth-order valence-electron chi connectivity index (χ4n) is 5.46. The summed E-state index contributed by atoms with van der Waals surface area (Å²) < 4.78 is 78.4. The number of benzene rings is 2. The Balaban J connectivity index is 1.24. The van der Waals surface area contributed by atoms with Crippen molar-refractivity contribution in [3.05, 3.63) is 59.2 Å². The molecular formula is C27H32F3N3O5S. The van der Waals surface area contributed by atoms with E-state index >= 15 is 0 Å². The second kappa shape index (κ2) is 11.4. The summed E-state index contributed by atoms with van der Waals surface area (Å²) in [4.78, 5) is 15.0. The number of hydrogen-bond donors (Lipinski definition) is 1. The van der Waals surface area contributed by atoms with E-state index in [0.29, 0.717) is 31.9 Å². The van der Waals surface area contributed by atoms with E-state index < -0.39 is 32.7 Å². The molecule has 5 rings (SSSR count). The van der Waals surface area contributed by atoms with Gasteiger partial charge in [0, 0.05) is 50.6 Å². The Morgan fingerprint density at radius 3 is 2.59 bits per heavy atom. The van der Waals surface area contributed by atoms with Crippen LogP contribution < -0.4 is 10.1 Å². The Labute approximate surface area is 226 Å². The lowest BCUT2D eigenvalue weighted by atomic mass is 9.98. The lowest BCUT2D eigenvalue weighted by Crippen LogP contribution is -2.40. The van der Waals surface area contributed by atoms with Crippen LogP contribution in [-0.2, 0) is 32.3 Å². The molecule has 3 aliphatic heterocycles. The minimum Gasteiger partial charge on any atom is -0.493 e. The van der Waals surface area contributed by atoms with Crippen LogP contribution in [0.1, 0.15) is 48.4 Å². The van der Waals surface area contributed by atoms with Crippen LogP contribution in [-0.4, -0.2) is 69.0 Å². The number of rotatable bonds is 7. The molecule has 1 amide bonds. The largest absolute Gasteiger partial charge is 0.493 e. The molecule has 2 fully saturated rings. The van der Waals surface area contributed by atoms with Gasteiger partial charge < -0.3 is 14.8 Å². The van der Waals surface area contributed by atoms with Crippen LogP contribution in [0.25, 0.3) is 0 Å². The Hall–Kier alpha value is -2.67. The number of hydrogen-bond acceptors (Lipinski definition) is 6. The van der Waals surface area contributed by atoms with Crippen LogP contribution in [0.15, 0.2) is 47.4 Å². The molecule has 212 valence electrons. The summed E-state index contributed by atoms with van der Waals surface area (Å²) in [5.41, 5.74) is 0.965. The van der Waals surface area contributed by atoms with Crippen LogP contribution in [0.2, 0.25) is 0 Å². The van der Waals surface area contributed by atoms with Crippen LogP contribution >= 0.6 is 0 Å². The molecule has 3 aliphatic rings.